The van der Waals surface area contributed by atoms with Crippen LogP contribution in [0.25, 0.3) is 0 Å². The summed E-state index contributed by atoms with van der Waals surface area (Å²) in [5.41, 5.74) is 0.381. The van der Waals surface area contributed by atoms with Crippen LogP contribution in [0, 0.1) is 0 Å². The number of piperidine rings is 1. The predicted octanol–water partition coefficient (Wildman–Crippen LogP) is 1.42. The quantitative estimate of drug-likeness (QED) is 0.639. The molecule has 3 atom stereocenters. The monoisotopic (exact) mass is 366 g/mol. The number of benzene rings is 1. The summed E-state index contributed by atoms with van der Waals surface area (Å²) in [4.78, 5) is 26.0. The van der Waals surface area contributed by atoms with Crippen molar-refractivity contribution >= 4 is 23.4 Å². The van der Waals surface area contributed by atoms with Gasteiger partial charge >= 0.3 is 0 Å². The van der Waals surface area contributed by atoms with Gasteiger partial charge in [0.05, 0.1) is 29.7 Å². The highest BCUT2D eigenvalue weighted by Crippen LogP contribution is 2.14. The molecule has 0 aromatic heterocycles. The Morgan fingerprint density at radius 1 is 1.32 bits per heavy atom. The number of carbonyl (C=O) groups excluding carboxylic acids is 2. The molecule has 1 aromatic carbocycles. The molecule has 138 valence electrons. The molecule has 1 aliphatic rings. The van der Waals surface area contributed by atoms with Crippen molar-refractivity contribution in [1.82, 2.24) is 10.6 Å². The molecule has 0 bridgehead atoms. The van der Waals surface area contributed by atoms with Crippen molar-refractivity contribution in [3.05, 3.63) is 34.9 Å². The van der Waals surface area contributed by atoms with Gasteiger partial charge in [0.15, 0.2) is 0 Å². The number of quaternary nitrogens is 1. The smallest absolute Gasteiger partial charge is 0.253 e. The van der Waals surface area contributed by atoms with E-state index in [0.717, 1.165) is 19.0 Å². The van der Waals surface area contributed by atoms with Gasteiger partial charge in [-0.25, -0.2) is 0 Å². The number of likely N-dealkylation sites (tertiary alicyclic amines) is 1. The molecular formula is C19H29ClN3O2+. The van der Waals surface area contributed by atoms with Gasteiger partial charge < -0.3 is 15.5 Å². The Morgan fingerprint density at radius 3 is 2.80 bits per heavy atom. The Hall–Kier alpha value is -1.59. The average Bonchev–Trinajstić information content (AvgIpc) is 2.60. The van der Waals surface area contributed by atoms with E-state index in [9.17, 15) is 9.59 Å². The summed E-state index contributed by atoms with van der Waals surface area (Å²) in [6.07, 6.45) is 4.89. The van der Waals surface area contributed by atoms with E-state index in [2.05, 4.69) is 17.6 Å². The first-order valence-corrected chi connectivity index (χ1v) is 9.54. The normalized spacial score (nSPS) is 21.4. The third kappa shape index (κ3) is 6.01. The zero-order chi connectivity index (χ0) is 18.2. The summed E-state index contributed by atoms with van der Waals surface area (Å²) in [7, 11) is 0. The van der Waals surface area contributed by atoms with E-state index < -0.39 is 6.04 Å². The lowest BCUT2D eigenvalue weighted by Gasteiger charge is -2.30. The number of amides is 2. The Bertz CT molecular complexity index is 594. The molecule has 1 saturated heterocycles. The molecule has 3 N–H and O–H groups in total. The molecule has 2 rings (SSSR count). The molecule has 0 aliphatic carbocycles. The highest BCUT2D eigenvalue weighted by atomic mass is 35.5. The summed E-state index contributed by atoms with van der Waals surface area (Å²) in [5, 5.41) is 5.98. The molecule has 0 radical (unpaired) electrons. The minimum Gasteiger partial charge on any atom is -0.354 e. The van der Waals surface area contributed by atoms with E-state index in [1.807, 2.05) is 0 Å². The molecule has 1 fully saturated rings. The summed E-state index contributed by atoms with van der Waals surface area (Å²) >= 11 is 6.01. The van der Waals surface area contributed by atoms with Gasteiger partial charge in [0.1, 0.15) is 6.04 Å². The van der Waals surface area contributed by atoms with Gasteiger partial charge in [-0.05, 0) is 45.2 Å². The fourth-order valence-electron chi connectivity index (χ4n) is 3.29. The van der Waals surface area contributed by atoms with E-state index in [1.165, 1.54) is 25.8 Å². The Morgan fingerprint density at radius 2 is 2.08 bits per heavy atom. The van der Waals surface area contributed by atoms with E-state index in [-0.39, 0.29) is 11.8 Å². The molecule has 0 spiro atoms. The summed E-state index contributed by atoms with van der Waals surface area (Å²) in [6, 6.07) is 6.94. The lowest BCUT2D eigenvalue weighted by molar-refractivity contribution is -0.928. The second-order valence-corrected chi connectivity index (χ2v) is 7.28. The molecule has 2 amide bonds. The molecule has 1 unspecified atom stereocenters. The standard InChI is InChI=1S/C19H28ClN3O2/c1-14-8-5-6-12-23(14)13-7-11-21-18(24)15(2)22-19(25)16-9-3-4-10-17(16)20/h3-4,9-10,14-15H,5-8,11-13H2,1-2H3,(H,21,24)(H,22,25)/p+1/t14-,15+/m1/s1. The Kier molecular flexibility index (Phi) is 7.72. The lowest BCUT2D eigenvalue weighted by atomic mass is 10.0. The number of carbonyl (C=O) groups is 2. The van der Waals surface area contributed by atoms with E-state index in [0.29, 0.717) is 17.1 Å². The number of hydrogen-bond donors (Lipinski definition) is 3. The van der Waals surface area contributed by atoms with Crippen molar-refractivity contribution in [2.24, 2.45) is 0 Å². The number of nitrogens with one attached hydrogen (secondary N) is 3. The summed E-state index contributed by atoms with van der Waals surface area (Å²) in [5.74, 6) is -0.498. The number of rotatable bonds is 7. The fourth-order valence-corrected chi connectivity index (χ4v) is 3.51. The van der Waals surface area contributed by atoms with Crippen molar-refractivity contribution in [2.45, 2.75) is 51.6 Å². The van der Waals surface area contributed by atoms with Gasteiger partial charge in [0.25, 0.3) is 5.91 Å². The Balaban J connectivity index is 1.69. The van der Waals surface area contributed by atoms with Crippen LogP contribution < -0.4 is 15.5 Å². The molecule has 0 saturated carbocycles. The van der Waals surface area contributed by atoms with Gasteiger partial charge in [-0.2, -0.15) is 0 Å². The molecule has 5 nitrogen and oxygen atoms in total. The first-order valence-electron chi connectivity index (χ1n) is 9.16. The van der Waals surface area contributed by atoms with E-state index in [4.69, 9.17) is 11.6 Å². The maximum absolute atomic E-state index is 12.2. The van der Waals surface area contributed by atoms with Crippen molar-refractivity contribution in [2.75, 3.05) is 19.6 Å². The van der Waals surface area contributed by atoms with Crippen LogP contribution in [0.5, 0.6) is 0 Å². The highest BCUT2D eigenvalue weighted by molar-refractivity contribution is 6.33. The maximum Gasteiger partial charge on any atom is 0.253 e. The maximum atomic E-state index is 12.2. The summed E-state index contributed by atoms with van der Waals surface area (Å²) in [6.45, 7) is 6.95. The van der Waals surface area contributed by atoms with Crippen LogP contribution in [0.3, 0.4) is 0 Å². The topological polar surface area (TPSA) is 62.6 Å². The van der Waals surface area contributed by atoms with Crippen molar-refractivity contribution in [3.8, 4) is 0 Å². The van der Waals surface area contributed by atoms with Crippen molar-refractivity contribution in [1.29, 1.82) is 0 Å². The van der Waals surface area contributed by atoms with E-state index >= 15 is 0 Å². The molecule has 1 heterocycles. The van der Waals surface area contributed by atoms with Crippen LogP contribution in [0.4, 0.5) is 0 Å². The third-order valence-electron chi connectivity index (χ3n) is 4.92. The van der Waals surface area contributed by atoms with Crippen molar-refractivity contribution in [3.63, 3.8) is 0 Å². The molecule has 1 aromatic rings. The first kappa shape index (κ1) is 19.7. The van der Waals surface area contributed by atoms with Gasteiger partial charge in [0.2, 0.25) is 5.91 Å². The first-order chi connectivity index (χ1) is 12.0. The van der Waals surface area contributed by atoms with Crippen LogP contribution in [-0.4, -0.2) is 43.5 Å². The predicted molar refractivity (Wildman–Crippen MR) is 100 cm³/mol. The van der Waals surface area contributed by atoms with Gasteiger partial charge in [0, 0.05) is 13.0 Å². The van der Waals surface area contributed by atoms with Crippen molar-refractivity contribution < 1.29 is 14.5 Å². The zero-order valence-corrected chi connectivity index (χ0v) is 15.9. The second kappa shape index (κ2) is 9.78. The molecular weight excluding hydrogens is 338 g/mol. The van der Waals surface area contributed by atoms with Gasteiger partial charge in [-0.1, -0.05) is 23.7 Å². The van der Waals surface area contributed by atoms with Crippen LogP contribution in [0.2, 0.25) is 5.02 Å². The fraction of sp³-hybridized carbons (Fsp3) is 0.579. The molecule has 1 aliphatic heterocycles. The number of hydrogen-bond acceptors (Lipinski definition) is 2. The summed E-state index contributed by atoms with van der Waals surface area (Å²) < 4.78 is 0. The van der Waals surface area contributed by atoms with Crippen LogP contribution in [0.15, 0.2) is 24.3 Å². The molecule has 6 heteroatoms. The third-order valence-corrected chi connectivity index (χ3v) is 5.24. The number of halogens is 1. The van der Waals surface area contributed by atoms with Crippen LogP contribution in [0.1, 0.15) is 49.9 Å². The van der Waals surface area contributed by atoms with Crippen LogP contribution in [-0.2, 0) is 4.79 Å². The van der Waals surface area contributed by atoms with Gasteiger partial charge in [-0.3, -0.25) is 9.59 Å². The van der Waals surface area contributed by atoms with E-state index in [1.54, 1.807) is 36.1 Å². The SMILES string of the molecule is C[C@H](NC(=O)c1ccccc1Cl)C(=O)NCCC[NH+]1CCCC[C@H]1C. The lowest BCUT2D eigenvalue weighted by Crippen LogP contribution is -3.16. The zero-order valence-electron chi connectivity index (χ0n) is 15.1. The Labute approximate surface area is 155 Å². The van der Waals surface area contributed by atoms with Crippen LogP contribution >= 0.6 is 11.6 Å². The minimum absolute atomic E-state index is 0.165. The minimum atomic E-state index is -0.593. The molecule has 25 heavy (non-hydrogen) atoms. The average molecular weight is 367 g/mol. The largest absolute Gasteiger partial charge is 0.354 e. The second-order valence-electron chi connectivity index (χ2n) is 6.87. The van der Waals surface area contributed by atoms with Gasteiger partial charge in [-0.15, -0.1) is 0 Å². The highest BCUT2D eigenvalue weighted by Gasteiger charge is 2.21.